The second kappa shape index (κ2) is 6.29. The fourth-order valence-corrected chi connectivity index (χ4v) is 1.59. The van der Waals surface area contributed by atoms with Crippen molar-refractivity contribution in [3.05, 3.63) is 12.2 Å². The summed E-state index contributed by atoms with van der Waals surface area (Å²) in [6.07, 6.45) is 1.17. The number of likely N-dealkylation sites (N-methyl/N-ethyl adjacent to an activating group) is 1. The monoisotopic (exact) mass is 212 g/mol. The van der Waals surface area contributed by atoms with Crippen LogP contribution in [0.3, 0.4) is 0 Å². The van der Waals surface area contributed by atoms with Gasteiger partial charge >= 0.3 is 0 Å². The van der Waals surface area contributed by atoms with Gasteiger partial charge in [0, 0.05) is 24.7 Å². The van der Waals surface area contributed by atoms with Gasteiger partial charge in [-0.25, -0.2) is 0 Å². The predicted molar refractivity (Wildman–Crippen MR) is 69.3 cm³/mol. The van der Waals surface area contributed by atoms with Gasteiger partial charge < -0.3 is 5.32 Å². The molecule has 0 bridgehead atoms. The van der Waals surface area contributed by atoms with Crippen molar-refractivity contribution in [3.8, 4) is 0 Å². The van der Waals surface area contributed by atoms with Gasteiger partial charge in [-0.05, 0) is 41.2 Å². The van der Waals surface area contributed by atoms with Crippen LogP contribution in [-0.4, -0.2) is 36.6 Å². The highest BCUT2D eigenvalue weighted by Gasteiger charge is 2.16. The highest BCUT2D eigenvalue weighted by molar-refractivity contribution is 4.93. The van der Waals surface area contributed by atoms with E-state index in [2.05, 4.69) is 58.5 Å². The Balaban J connectivity index is 4.07. The normalized spacial score (nSPS) is 14.3. The fourth-order valence-electron chi connectivity index (χ4n) is 1.59. The summed E-state index contributed by atoms with van der Waals surface area (Å²) in [7, 11) is 2.17. The fraction of sp³-hybridized carbons (Fsp3) is 0.846. The van der Waals surface area contributed by atoms with E-state index in [1.165, 1.54) is 12.0 Å². The maximum absolute atomic E-state index is 3.96. The molecular formula is C13H28N2. The quantitative estimate of drug-likeness (QED) is 0.681. The van der Waals surface area contributed by atoms with E-state index in [4.69, 9.17) is 0 Å². The zero-order valence-electron chi connectivity index (χ0n) is 11.4. The molecule has 0 aromatic rings. The Labute approximate surface area is 95.7 Å². The van der Waals surface area contributed by atoms with Crippen LogP contribution in [0.5, 0.6) is 0 Å². The Bertz CT molecular complexity index is 191. The van der Waals surface area contributed by atoms with Gasteiger partial charge in [-0.3, -0.25) is 4.90 Å². The third kappa shape index (κ3) is 7.57. The lowest BCUT2D eigenvalue weighted by Crippen LogP contribution is -2.46. The summed E-state index contributed by atoms with van der Waals surface area (Å²) in [5, 5.41) is 3.56. The Morgan fingerprint density at radius 3 is 2.27 bits per heavy atom. The third-order valence-electron chi connectivity index (χ3n) is 2.48. The van der Waals surface area contributed by atoms with E-state index >= 15 is 0 Å². The SMILES string of the molecule is C=C(C)CN(C)C(CC)CNC(C)(C)C. The first kappa shape index (κ1) is 14.7. The molecular weight excluding hydrogens is 184 g/mol. The molecule has 2 heteroatoms. The third-order valence-corrected chi connectivity index (χ3v) is 2.48. The molecule has 1 atom stereocenters. The summed E-state index contributed by atoms with van der Waals surface area (Å²) in [6.45, 7) is 16.9. The standard InChI is InChI=1S/C13H28N2/c1-8-12(9-14-13(4,5)6)15(7)10-11(2)3/h12,14H,2,8-10H2,1,3-7H3. The molecule has 0 aromatic carbocycles. The van der Waals surface area contributed by atoms with E-state index in [0.29, 0.717) is 6.04 Å². The van der Waals surface area contributed by atoms with Gasteiger partial charge in [-0.1, -0.05) is 19.1 Å². The predicted octanol–water partition coefficient (Wildman–Crippen LogP) is 2.66. The molecule has 0 fully saturated rings. The summed E-state index contributed by atoms with van der Waals surface area (Å²) in [5.74, 6) is 0. The first-order valence-corrected chi connectivity index (χ1v) is 5.86. The van der Waals surface area contributed by atoms with Crippen LogP contribution < -0.4 is 5.32 Å². The van der Waals surface area contributed by atoms with Crippen molar-refractivity contribution in [1.29, 1.82) is 0 Å². The highest BCUT2D eigenvalue weighted by atomic mass is 15.2. The highest BCUT2D eigenvalue weighted by Crippen LogP contribution is 2.06. The van der Waals surface area contributed by atoms with Crippen LogP contribution in [0.2, 0.25) is 0 Å². The first-order valence-electron chi connectivity index (χ1n) is 5.86. The van der Waals surface area contributed by atoms with Crippen LogP contribution in [0.25, 0.3) is 0 Å². The van der Waals surface area contributed by atoms with Crippen LogP contribution >= 0.6 is 0 Å². The topological polar surface area (TPSA) is 15.3 Å². The van der Waals surface area contributed by atoms with Crippen molar-refractivity contribution in [2.45, 2.75) is 52.6 Å². The lowest BCUT2D eigenvalue weighted by molar-refractivity contribution is 0.231. The minimum absolute atomic E-state index is 0.206. The van der Waals surface area contributed by atoms with E-state index < -0.39 is 0 Å². The van der Waals surface area contributed by atoms with Crippen molar-refractivity contribution in [2.75, 3.05) is 20.1 Å². The number of nitrogens with zero attached hydrogens (tertiary/aromatic N) is 1. The van der Waals surface area contributed by atoms with Gasteiger partial charge in [0.1, 0.15) is 0 Å². The van der Waals surface area contributed by atoms with Crippen LogP contribution in [0.1, 0.15) is 41.0 Å². The van der Waals surface area contributed by atoms with E-state index in [1.807, 2.05) is 0 Å². The molecule has 0 aromatic heterocycles. The van der Waals surface area contributed by atoms with Gasteiger partial charge in [0.25, 0.3) is 0 Å². The Morgan fingerprint density at radius 2 is 1.93 bits per heavy atom. The Hall–Kier alpha value is -0.340. The molecule has 0 amide bonds. The van der Waals surface area contributed by atoms with Crippen molar-refractivity contribution in [3.63, 3.8) is 0 Å². The van der Waals surface area contributed by atoms with Gasteiger partial charge in [0.2, 0.25) is 0 Å². The number of rotatable bonds is 6. The molecule has 1 unspecified atom stereocenters. The number of hydrogen-bond acceptors (Lipinski definition) is 2. The van der Waals surface area contributed by atoms with E-state index in [9.17, 15) is 0 Å². The lowest BCUT2D eigenvalue weighted by Gasteiger charge is -2.31. The molecule has 0 heterocycles. The molecule has 0 saturated carbocycles. The first-order chi connectivity index (χ1) is 6.76. The number of hydrogen-bond donors (Lipinski definition) is 1. The van der Waals surface area contributed by atoms with Crippen LogP contribution in [-0.2, 0) is 0 Å². The van der Waals surface area contributed by atoms with Gasteiger partial charge in [0.05, 0.1) is 0 Å². The summed E-state index contributed by atoms with van der Waals surface area (Å²) < 4.78 is 0. The average Bonchev–Trinajstić information content (AvgIpc) is 2.01. The van der Waals surface area contributed by atoms with Crippen molar-refractivity contribution < 1.29 is 0 Å². The lowest BCUT2D eigenvalue weighted by atomic mass is 10.1. The second-order valence-corrected chi connectivity index (χ2v) is 5.57. The van der Waals surface area contributed by atoms with Gasteiger partial charge in [0.15, 0.2) is 0 Å². The van der Waals surface area contributed by atoms with Crippen molar-refractivity contribution in [1.82, 2.24) is 10.2 Å². The summed E-state index contributed by atoms with van der Waals surface area (Å²) >= 11 is 0. The van der Waals surface area contributed by atoms with Gasteiger partial charge in [-0.15, -0.1) is 0 Å². The maximum atomic E-state index is 3.96. The maximum Gasteiger partial charge on any atom is 0.0218 e. The molecule has 0 aliphatic carbocycles. The van der Waals surface area contributed by atoms with E-state index in [0.717, 1.165) is 13.1 Å². The number of nitrogens with one attached hydrogen (secondary N) is 1. The Kier molecular flexibility index (Phi) is 6.15. The van der Waals surface area contributed by atoms with Crippen molar-refractivity contribution in [2.24, 2.45) is 0 Å². The van der Waals surface area contributed by atoms with Gasteiger partial charge in [-0.2, -0.15) is 0 Å². The minimum Gasteiger partial charge on any atom is -0.311 e. The molecule has 1 N–H and O–H groups in total. The summed E-state index contributed by atoms with van der Waals surface area (Å²) in [4.78, 5) is 2.38. The molecule has 0 aliphatic rings. The van der Waals surface area contributed by atoms with Crippen LogP contribution in [0, 0.1) is 0 Å². The average molecular weight is 212 g/mol. The molecule has 0 rings (SSSR count). The summed E-state index contributed by atoms with van der Waals surface area (Å²) in [5.41, 5.74) is 1.43. The molecule has 0 saturated heterocycles. The molecule has 0 aliphatic heterocycles. The molecule has 15 heavy (non-hydrogen) atoms. The zero-order valence-corrected chi connectivity index (χ0v) is 11.4. The van der Waals surface area contributed by atoms with Crippen molar-refractivity contribution >= 4 is 0 Å². The van der Waals surface area contributed by atoms with E-state index in [-0.39, 0.29) is 5.54 Å². The van der Waals surface area contributed by atoms with Crippen LogP contribution in [0.4, 0.5) is 0 Å². The largest absolute Gasteiger partial charge is 0.311 e. The smallest absolute Gasteiger partial charge is 0.0218 e. The molecule has 90 valence electrons. The second-order valence-electron chi connectivity index (χ2n) is 5.57. The molecule has 0 spiro atoms. The van der Waals surface area contributed by atoms with E-state index in [1.54, 1.807) is 0 Å². The molecule has 2 nitrogen and oxygen atoms in total. The van der Waals surface area contributed by atoms with Crippen LogP contribution in [0.15, 0.2) is 12.2 Å². The summed E-state index contributed by atoms with van der Waals surface area (Å²) in [6, 6.07) is 0.598. The molecule has 0 radical (unpaired) electrons. The zero-order chi connectivity index (χ0) is 12.1. The Morgan fingerprint density at radius 1 is 1.40 bits per heavy atom. The minimum atomic E-state index is 0.206.